The molecule has 1 aliphatic rings. The van der Waals surface area contributed by atoms with Gasteiger partial charge in [0.2, 0.25) is 11.8 Å². The van der Waals surface area contributed by atoms with Crippen LogP contribution in [0.3, 0.4) is 0 Å². The van der Waals surface area contributed by atoms with Gasteiger partial charge in [-0.05, 0) is 32.7 Å². The van der Waals surface area contributed by atoms with Crippen molar-refractivity contribution < 1.29 is 54.0 Å². The van der Waals surface area contributed by atoms with Gasteiger partial charge in [0.25, 0.3) is 6.47 Å². The van der Waals surface area contributed by atoms with Crippen LogP contribution in [0.2, 0.25) is 0 Å². The summed E-state index contributed by atoms with van der Waals surface area (Å²) in [4.78, 5) is 86.4. The summed E-state index contributed by atoms with van der Waals surface area (Å²) < 4.78 is 0. The second kappa shape index (κ2) is 29.5. The average Bonchev–Trinajstić information content (AvgIpc) is 3.01. The Bertz CT molecular complexity index is 969. The third kappa shape index (κ3) is 26.4. The van der Waals surface area contributed by atoms with E-state index in [0.717, 1.165) is 12.8 Å². The fraction of sp³-hybridized carbons (Fsp3) is 0.774. The van der Waals surface area contributed by atoms with Gasteiger partial charge in [-0.15, -0.1) is 0 Å². The van der Waals surface area contributed by atoms with E-state index in [4.69, 9.17) is 9.90 Å². The van der Waals surface area contributed by atoms with Crippen molar-refractivity contribution in [1.82, 2.24) is 30.2 Å². The molecule has 0 radical (unpaired) electrons. The molecule has 1 atom stereocenters. The molecule has 0 aromatic rings. The van der Waals surface area contributed by atoms with Crippen molar-refractivity contribution >= 4 is 42.0 Å². The van der Waals surface area contributed by atoms with Crippen molar-refractivity contribution in [2.75, 3.05) is 85.1 Å². The first-order valence-electron chi connectivity index (χ1n) is 16.5. The molecule has 48 heavy (non-hydrogen) atoms. The van der Waals surface area contributed by atoms with Crippen molar-refractivity contribution in [1.29, 1.82) is 0 Å². The number of carbonyl (C=O) groups is 7. The third-order valence-electron chi connectivity index (χ3n) is 7.28. The Labute approximate surface area is 283 Å². The first-order valence-corrected chi connectivity index (χ1v) is 16.5. The number of ketones is 1. The molecule has 1 rings (SSSR count). The lowest BCUT2D eigenvalue weighted by Crippen LogP contribution is -2.50. The number of likely N-dealkylation sites (N-methyl/N-ethyl adjacent to an activating group) is 1. The third-order valence-corrected chi connectivity index (χ3v) is 7.28. The van der Waals surface area contributed by atoms with Crippen LogP contribution in [0.1, 0.15) is 66.2 Å². The summed E-state index contributed by atoms with van der Waals surface area (Å²) >= 11 is 0. The van der Waals surface area contributed by atoms with Gasteiger partial charge in [-0.25, -0.2) is 4.79 Å². The zero-order valence-corrected chi connectivity index (χ0v) is 29.0. The van der Waals surface area contributed by atoms with Gasteiger partial charge in [-0.1, -0.05) is 27.2 Å². The first kappa shape index (κ1) is 46.4. The summed E-state index contributed by atoms with van der Waals surface area (Å²) in [6.45, 7) is 11.5. The van der Waals surface area contributed by atoms with Crippen molar-refractivity contribution in [3.05, 3.63) is 0 Å². The molecule has 0 saturated carbocycles. The summed E-state index contributed by atoms with van der Waals surface area (Å²) in [5.74, 6) is -3.89. The quantitative estimate of drug-likeness (QED) is 0.0803. The SMILES string of the molecule is CC.CCN1CCN(CC(=O)O)CCN(CC(=O)O)CCN(CC(=O)N[C@@H](CCC(=O)NCCCCCC(C)=O)C(=O)O)CC1.O=CO. The van der Waals surface area contributed by atoms with Crippen LogP contribution in [0.25, 0.3) is 0 Å². The number of rotatable bonds is 18. The van der Waals surface area contributed by atoms with Crippen LogP contribution < -0.4 is 10.6 Å². The Balaban J connectivity index is 0. The van der Waals surface area contributed by atoms with Crippen LogP contribution in [-0.2, 0) is 33.6 Å². The van der Waals surface area contributed by atoms with Crippen molar-refractivity contribution in [2.24, 2.45) is 0 Å². The Morgan fingerprint density at radius 1 is 0.688 bits per heavy atom. The van der Waals surface area contributed by atoms with Crippen LogP contribution in [0.4, 0.5) is 0 Å². The molecule has 17 nitrogen and oxygen atoms in total. The summed E-state index contributed by atoms with van der Waals surface area (Å²) in [6, 6.07) is -1.24. The zero-order valence-electron chi connectivity index (χ0n) is 29.0. The van der Waals surface area contributed by atoms with E-state index in [9.17, 15) is 44.1 Å². The lowest BCUT2D eigenvalue weighted by atomic mass is 10.1. The number of amides is 2. The van der Waals surface area contributed by atoms with Gasteiger partial charge in [0.1, 0.15) is 11.8 Å². The highest BCUT2D eigenvalue weighted by Gasteiger charge is 2.24. The summed E-state index contributed by atoms with van der Waals surface area (Å²) in [5.41, 5.74) is 0. The van der Waals surface area contributed by atoms with E-state index in [1.807, 2.05) is 25.7 Å². The summed E-state index contributed by atoms with van der Waals surface area (Å²) in [7, 11) is 0. The largest absolute Gasteiger partial charge is 0.483 e. The fourth-order valence-corrected chi connectivity index (χ4v) is 4.72. The lowest BCUT2D eigenvalue weighted by Gasteiger charge is -2.33. The molecule has 6 N–H and O–H groups in total. The molecule has 0 bridgehead atoms. The fourth-order valence-electron chi connectivity index (χ4n) is 4.72. The molecule has 2 amide bonds. The van der Waals surface area contributed by atoms with Crippen molar-refractivity contribution in [3.8, 4) is 0 Å². The number of Topliss-reactive ketones (excluding diaryl/α,β-unsaturated/α-hetero) is 1. The summed E-state index contributed by atoms with van der Waals surface area (Å²) in [6.07, 6.45) is 2.65. The average molecular weight is 691 g/mol. The minimum absolute atomic E-state index is 0.0666. The lowest BCUT2D eigenvalue weighted by molar-refractivity contribution is -0.142. The van der Waals surface area contributed by atoms with Crippen LogP contribution in [0.15, 0.2) is 0 Å². The molecule has 278 valence electrons. The highest BCUT2D eigenvalue weighted by molar-refractivity contribution is 5.85. The van der Waals surface area contributed by atoms with E-state index in [-0.39, 0.29) is 50.6 Å². The van der Waals surface area contributed by atoms with E-state index in [2.05, 4.69) is 15.5 Å². The molecule has 0 aliphatic carbocycles. The maximum atomic E-state index is 12.9. The number of hydrogen-bond acceptors (Lipinski definition) is 11. The highest BCUT2D eigenvalue weighted by Crippen LogP contribution is 2.04. The molecule has 17 heteroatoms. The van der Waals surface area contributed by atoms with Gasteiger partial charge in [-0.2, -0.15) is 0 Å². The van der Waals surface area contributed by atoms with E-state index < -0.39 is 29.9 Å². The normalized spacial score (nSPS) is 15.8. The molecule has 0 spiro atoms. The number of nitrogens with one attached hydrogen (secondary N) is 2. The predicted octanol–water partition coefficient (Wildman–Crippen LogP) is -0.261. The second-order valence-corrected chi connectivity index (χ2v) is 11.0. The number of unbranched alkanes of at least 4 members (excludes halogenated alkanes) is 2. The monoisotopic (exact) mass is 690 g/mol. The molecule has 1 fully saturated rings. The number of nitrogens with zero attached hydrogens (tertiary/aromatic N) is 4. The topological polar surface area (TPSA) is 237 Å². The van der Waals surface area contributed by atoms with E-state index in [1.165, 1.54) is 6.92 Å². The van der Waals surface area contributed by atoms with Crippen molar-refractivity contribution in [2.45, 2.75) is 72.3 Å². The summed E-state index contributed by atoms with van der Waals surface area (Å²) in [5, 5.41) is 40.4. The number of carboxylic acids is 3. The molecule has 1 saturated heterocycles. The van der Waals surface area contributed by atoms with Crippen LogP contribution in [0.5, 0.6) is 0 Å². The molecular weight excluding hydrogens is 632 g/mol. The number of carbonyl (C=O) groups excluding carboxylic acids is 3. The number of aliphatic carboxylic acids is 3. The molecular formula is C31H58N6O11. The van der Waals surface area contributed by atoms with Crippen LogP contribution in [-0.4, -0.2) is 173 Å². The minimum Gasteiger partial charge on any atom is -0.483 e. The maximum Gasteiger partial charge on any atom is 0.326 e. The minimum atomic E-state index is -1.24. The standard InChI is InChI=1S/C28H50N6O9.C2H6.CH2O2/c1-3-31-11-13-32(15-16-34(21-27(40)41)18-17-33(14-12-31)20-26(38)39)19-25(37)30-23(28(42)43)8-9-24(36)29-10-6-4-5-7-22(2)35;1-2;2-1-3/h23H,3-21H2,1-2H3,(H,29,36)(H,30,37)(H,38,39)(H,40,41)(H,42,43);1-2H3;1H,(H,2,3)/t23-;;/m0../s1. The number of hydrogen-bond donors (Lipinski definition) is 6. The van der Waals surface area contributed by atoms with Gasteiger partial charge < -0.3 is 40.8 Å². The maximum absolute atomic E-state index is 12.9. The molecule has 1 aliphatic heterocycles. The van der Waals surface area contributed by atoms with E-state index in [0.29, 0.717) is 78.3 Å². The van der Waals surface area contributed by atoms with Crippen LogP contribution >= 0.6 is 0 Å². The van der Waals surface area contributed by atoms with Gasteiger partial charge >= 0.3 is 17.9 Å². The van der Waals surface area contributed by atoms with Crippen LogP contribution in [0, 0.1) is 0 Å². The second-order valence-electron chi connectivity index (χ2n) is 11.0. The molecule has 0 aromatic carbocycles. The van der Waals surface area contributed by atoms with Gasteiger partial charge in [-0.3, -0.25) is 38.7 Å². The molecule has 0 unspecified atom stereocenters. The van der Waals surface area contributed by atoms with E-state index in [1.54, 1.807) is 9.80 Å². The van der Waals surface area contributed by atoms with Crippen molar-refractivity contribution in [3.63, 3.8) is 0 Å². The Morgan fingerprint density at radius 3 is 1.52 bits per heavy atom. The van der Waals surface area contributed by atoms with Gasteiger partial charge in [0.05, 0.1) is 19.6 Å². The van der Waals surface area contributed by atoms with Gasteiger partial charge in [0.15, 0.2) is 0 Å². The first-order chi connectivity index (χ1) is 22.8. The molecule has 1 heterocycles. The zero-order chi connectivity index (χ0) is 36.9. The predicted molar refractivity (Wildman–Crippen MR) is 178 cm³/mol. The molecule has 0 aromatic heterocycles. The smallest absolute Gasteiger partial charge is 0.326 e. The van der Waals surface area contributed by atoms with E-state index >= 15 is 0 Å². The number of carboxylic acid groups (broad SMARTS) is 4. The Kier molecular flexibility index (Phi) is 28.5. The Morgan fingerprint density at radius 2 is 1.12 bits per heavy atom. The highest BCUT2D eigenvalue weighted by atomic mass is 16.4. The Hall–Kier alpha value is -3.67. The van der Waals surface area contributed by atoms with Gasteiger partial charge in [0, 0.05) is 71.7 Å².